The predicted molar refractivity (Wildman–Crippen MR) is 104 cm³/mol. The molecule has 0 aliphatic heterocycles. The third-order valence-electron chi connectivity index (χ3n) is 3.84. The minimum atomic E-state index is -1.18. The van der Waals surface area contributed by atoms with Crippen molar-refractivity contribution in [3.05, 3.63) is 34.9 Å². The molecule has 0 unspecified atom stereocenters. The van der Waals surface area contributed by atoms with Gasteiger partial charge >= 0.3 is 5.97 Å². The highest BCUT2D eigenvalue weighted by Gasteiger charge is 2.15. The first-order valence-corrected chi connectivity index (χ1v) is 8.95. The fourth-order valence-corrected chi connectivity index (χ4v) is 2.41. The van der Waals surface area contributed by atoms with E-state index in [-0.39, 0.29) is 16.7 Å². The molecule has 0 saturated carbocycles. The average molecular weight is 378 g/mol. The lowest BCUT2D eigenvalue weighted by atomic mass is 10.0. The van der Waals surface area contributed by atoms with Crippen molar-refractivity contribution >= 4 is 17.8 Å². The Morgan fingerprint density at radius 2 is 1.15 bits per heavy atom. The van der Waals surface area contributed by atoms with Crippen LogP contribution in [0.4, 0.5) is 0 Å². The molecule has 8 heteroatoms. The Morgan fingerprint density at radius 3 is 1.48 bits per heavy atom. The van der Waals surface area contributed by atoms with Crippen LogP contribution in [0.1, 0.15) is 43.9 Å². The van der Waals surface area contributed by atoms with E-state index in [2.05, 4.69) is 10.6 Å². The van der Waals surface area contributed by atoms with Gasteiger partial charge in [-0.15, -0.1) is 0 Å². The fourth-order valence-electron chi connectivity index (χ4n) is 2.41. The van der Waals surface area contributed by atoms with Gasteiger partial charge in [-0.1, -0.05) is 0 Å². The van der Waals surface area contributed by atoms with Crippen LogP contribution in [0.5, 0.6) is 0 Å². The molecule has 0 heterocycles. The number of carbonyl (C=O) groups excluding carboxylic acids is 2. The smallest absolute Gasteiger partial charge is 0.335 e. The van der Waals surface area contributed by atoms with Crippen LogP contribution in [0.2, 0.25) is 0 Å². The van der Waals surface area contributed by atoms with E-state index in [4.69, 9.17) is 0 Å². The van der Waals surface area contributed by atoms with Gasteiger partial charge in [0.15, 0.2) is 0 Å². The summed E-state index contributed by atoms with van der Waals surface area (Å²) in [4.78, 5) is 40.0. The van der Waals surface area contributed by atoms with Crippen LogP contribution in [-0.4, -0.2) is 87.1 Å². The Balaban J connectivity index is 2.79. The first kappa shape index (κ1) is 22.6. The number of carbonyl (C=O) groups is 3. The molecule has 27 heavy (non-hydrogen) atoms. The summed E-state index contributed by atoms with van der Waals surface area (Å²) in [5.41, 5.74) is 0.241. The topological polar surface area (TPSA) is 102 Å². The standard InChI is InChI=1S/C19H30N4O4/c1-22(2)9-5-7-20-17(24)14-11-15(13-16(12-14)19(26)27)18(25)21-8-6-10-23(3)4/h11-13H,5-10H2,1-4H3,(H,20,24)(H,21,25)(H,26,27). The van der Waals surface area contributed by atoms with Gasteiger partial charge in [0.25, 0.3) is 11.8 Å². The molecule has 8 nitrogen and oxygen atoms in total. The number of carboxylic acids is 1. The van der Waals surface area contributed by atoms with Crippen LogP contribution < -0.4 is 10.6 Å². The van der Waals surface area contributed by atoms with Gasteiger partial charge in [-0.05, 0) is 72.3 Å². The Hall–Kier alpha value is -2.45. The summed E-state index contributed by atoms with van der Waals surface area (Å²) >= 11 is 0. The zero-order valence-electron chi connectivity index (χ0n) is 16.5. The van der Waals surface area contributed by atoms with Crippen LogP contribution in [0.3, 0.4) is 0 Å². The van der Waals surface area contributed by atoms with Gasteiger partial charge < -0.3 is 25.5 Å². The Kier molecular flexibility index (Phi) is 9.46. The van der Waals surface area contributed by atoms with Crippen molar-refractivity contribution in [2.75, 3.05) is 54.4 Å². The first-order chi connectivity index (χ1) is 12.7. The molecule has 2 amide bonds. The minimum absolute atomic E-state index is 0.0885. The molecule has 0 aromatic heterocycles. The van der Waals surface area contributed by atoms with Crippen molar-refractivity contribution in [2.45, 2.75) is 12.8 Å². The highest BCUT2D eigenvalue weighted by atomic mass is 16.4. The van der Waals surface area contributed by atoms with Crippen molar-refractivity contribution in [3.63, 3.8) is 0 Å². The minimum Gasteiger partial charge on any atom is -0.478 e. The summed E-state index contributed by atoms with van der Waals surface area (Å²) in [6.45, 7) is 2.60. The maximum absolute atomic E-state index is 12.3. The maximum Gasteiger partial charge on any atom is 0.335 e. The maximum atomic E-state index is 12.3. The summed E-state index contributed by atoms with van der Waals surface area (Å²) in [7, 11) is 7.78. The molecular formula is C19H30N4O4. The van der Waals surface area contributed by atoms with E-state index in [1.54, 1.807) is 0 Å². The molecule has 1 aromatic rings. The molecule has 150 valence electrons. The summed E-state index contributed by atoms with van der Waals surface area (Å²) in [6.07, 6.45) is 1.55. The SMILES string of the molecule is CN(C)CCCNC(=O)c1cc(C(=O)O)cc(C(=O)NCCCN(C)C)c1. The van der Waals surface area contributed by atoms with E-state index in [0.717, 1.165) is 25.9 Å². The van der Waals surface area contributed by atoms with Crippen LogP contribution in [0, 0.1) is 0 Å². The molecule has 1 aromatic carbocycles. The number of benzene rings is 1. The van der Waals surface area contributed by atoms with Gasteiger partial charge in [0.1, 0.15) is 0 Å². The predicted octanol–water partition coefficient (Wildman–Crippen LogP) is 0.748. The molecular weight excluding hydrogens is 348 g/mol. The van der Waals surface area contributed by atoms with Crippen molar-refractivity contribution in [1.82, 2.24) is 20.4 Å². The van der Waals surface area contributed by atoms with Gasteiger partial charge in [-0.3, -0.25) is 9.59 Å². The molecule has 0 radical (unpaired) electrons. The van der Waals surface area contributed by atoms with E-state index < -0.39 is 17.8 Å². The third-order valence-corrected chi connectivity index (χ3v) is 3.84. The highest BCUT2D eigenvalue weighted by Crippen LogP contribution is 2.11. The van der Waals surface area contributed by atoms with Crippen LogP contribution in [0.25, 0.3) is 0 Å². The average Bonchev–Trinajstić information content (AvgIpc) is 2.61. The van der Waals surface area contributed by atoms with Gasteiger partial charge in [-0.25, -0.2) is 4.79 Å². The monoisotopic (exact) mass is 378 g/mol. The second-order valence-corrected chi connectivity index (χ2v) is 6.93. The van der Waals surface area contributed by atoms with Crippen molar-refractivity contribution in [2.24, 2.45) is 0 Å². The summed E-state index contributed by atoms with van der Waals surface area (Å²) < 4.78 is 0. The number of hydrogen-bond acceptors (Lipinski definition) is 5. The van der Waals surface area contributed by atoms with Crippen molar-refractivity contribution in [1.29, 1.82) is 0 Å². The molecule has 0 atom stereocenters. The number of aromatic carboxylic acids is 1. The fraction of sp³-hybridized carbons (Fsp3) is 0.526. The molecule has 0 fully saturated rings. The van der Waals surface area contributed by atoms with Gasteiger partial charge in [0.05, 0.1) is 5.56 Å². The molecule has 0 aliphatic rings. The van der Waals surface area contributed by atoms with Crippen LogP contribution in [0.15, 0.2) is 18.2 Å². The zero-order chi connectivity index (χ0) is 20.4. The Morgan fingerprint density at radius 1 is 0.778 bits per heavy atom. The van der Waals surface area contributed by atoms with E-state index in [9.17, 15) is 19.5 Å². The number of amides is 2. The lowest BCUT2D eigenvalue weighted by molar-refractivity contribution is 0.0697. The lowest BCUT2D eigenvalue weighted by Crippen LogP contribution is -2.29. The van der Waals surface area contributed by atoms with Crippen LogP contribution in [-0.2, 0) is 0 Å². The summed E-state index contributed by atoms with van der Waals surface area (Å²) in [6, 6.07) is 3.99. The molecule has 0 aliphatic carbocycles. The van der Waals surface area contributed by atoms with Crippen molar-refractivity contribution < 1.29 is 19.5 Å². The number of carboxylic acid groups (broad SMARTS) is 1. The first-order valence-electron chi connectivity index (χ1n) is 8.95. The number of nitrogens with zero attached hydrogens (tertiary/aromatic N) is 2. The Labute approximate surface area is 160 Å². The Bertz CT molecular complexity index is 613. The second-order valence-electron chi connectivity index (χ2n) is 6.93. The largest absolute Gasteiger partial charge is 0.478 e. The quantitative estimate of drug-likeness (QED) is 0.491. The van der Waals surface area contributed by atoms with E-state index >= 15 is 0 Å². The second kappa shape index (κ2) is 11.3. The zero-order valence-corrected chi connectivity index (χ0v) is 16.5. The number of hydrogen-bond donors (Lipinski definition) is 3. The van der Waals surface area contributed by atoms with Gasteiger partial charge in [0, 0.05) is 24.2 Å². The number of rotatable bonds is 11. The highest BCUT2D eigenvalue weighted by molar-refractivity contribution is 6.03. The van der Waals surface area contributed by atoms with Gasteiger partial charge in [0.2, 0.25) is 0 Å². The normalized spacial score (nSPS) is 10.9. The van der Waals surface area contributed by atoms with Crippen molar-refractivity contribution in [3.8, 4) is 0 Å². The van der Waals surface area contributed by atoms with Gasteiger partial charge in [-0.2, -0.15) is 0 Å². The molecule has 3 N–H and O–H groups in total. The molecule has 0 bridgehead atoms. The lowest BCUT2D eigenvalue weighted by Gasteiger charge is -2.12. The molecule has 0 spiro atoms. The van der Waals surface area contributed by atoms with E-state index in [1.165, 1.54) is 18.2 Å². The number of nitrogens with one attached hydrogen (secondary N) is 2. The van der Waals surface area contributed by atoms with Crippen LogP contribution >= 0.6 is 0 Å². The molecule has 0 saturated heterocycles. The summed E-state index contributed by atoms with van der Waals surface area (Å²) in [5, 5.41) is 14.8. The third kappa shape index (κ3) is 8.65. The van der Waals surface area contributed by atoms with E-state index in [0.29, 0.717) is 13.1 Å². The summed E-state index contributed by atoms with van der Waals surface area (Å²) in [5.74, 6) is -1.96. The molecule has 1 rings (SSSR count). The van der Waals surface area contributed by atoms with E-state index in [1.807, 2.05) is 38.0 Å².